The fraction of sp³-hybridized carbons (Fsp3) is 0.608. The van der Waals surface area contributed by atoms with E-state index in [9.17, 15) is 8.99 Å². The third-order valence-corrected chi connectivity index (χ3v) is 29.0. The van der Waals surface area contributed by atoms with Crippen molar-refractivity contribution in [2.24, 2.45) is 35.5 Å². The maximum absolute atomic E-state index is 16.4. The molecule has 7 aromatic heterocycles. The van der Waals surface area contributed by atoms with Crippen molar-refractivity contribution in [3.05, 3.63) is 72.4 Å². The molecule has 0 fully saturated rings. The molecule has 0 saturated heterocycles. The molecular formula is C79H112B8F4N2O4P3S7. The van der Waals surface area contributed by atoms with Crippen LogP contribution in [0.1, 0.15) is 266 Å². The molecule has 28 heteroatoms. The average Bonchev–Trinajstić information content (AvgIpc) is 1.57. The Balaban J connectivity index is 0.000000258. The first-order valence-corrected chi connectivity index (χ1v) is 48.1. The molecule has 0 N–H and O–H groups in total. The molecule has 9 aromatic rings. The number of fused-ring (bicyclic) bond motifs is 7. The standard InChI is InChI=1S/C42H57FO3S4.C37H50F2N2OS3.B7HP.BFH4P2/c1-8-13-16-17-18-21-32(44)41-35(43)34-38(50-41)27(7)48-42(34)33-23-31-37(46-25-29(12-5)20-15-10-3)39-30(22-26(6)47-39)36(40(31)49-33)45-24-28(11-4)19-14-9-2;1-21(2)11-9-13-23(5)15-17-37(18-16-24(6)14-10-12-22(3)4)27-19-25(7)43-35(27)36-28(42-37)20-29(44-36)30-32(39)31(38)26(8)33-34(30)41-45-40-33;1-5-7(4)8-6(2)3;1-4(2)3/h22-23,28-29H,8-21,24-25H2,1-7H3;19-24H,9-18H2,1-8H3;8H;3-4H2/i;;8T;3TD,4TD. The van der Waals surface area contributed by atoms with Crippen molar-refractivity contribution in [3.63, 3.8) is 0 Å². The predicted octanol–water partition coefficient (Wildman–Crippen LogP) is 27.3. The molecule has 6 unspecified atom stereocenters. The number of ketones is 1. The van der Waals surface area contributed by atoms with Crippen LogP contribution in [0.2, 0.25) is 0 Å². The number of rotatable bonds is 41. The van der Waals surface area contributed by atoms with E-state index in [-0.39, 0.29) is 22.7 Å². The molecule has 571 valence electrons. The average molecular weight is 1640 g/mol. The van der Waals surface area contributed by atoms with Crippen molar-refractivity contribution in [1.82, 2.24) is 8.75 Å². The van der Waals surface area contributed by atoms with Gasteiger partial charge in [0.2, 0.25) is 0 Å². The van der Waals surface area contributed by atoms with Crippen LogP contribution in [0.15, 0.2) is 24.3 Å². The van der Waals surface area contributed by atoms with E-state index in [1.807, 2.05) is 6.07 Å². The number of hydrogen-bond acceptors (Lipinski definition) is 13. The van der Waals surface area contributed by atoms with Gasteiger partial charge in [0.15, 0.2) is 23.2 Å². The Morgan fingerprint density at radius 3 is 1.79 bits per heavy atom. The van der Waals surface area contributed by atoms with Crippen LogP contribution in [0.25, 0.3) is 71.2 Å². The molecule has 1 aliphatic rings. The summed E-state index contributed by atoms with van der Waals surface area (Å²) in [5, 5.41) is 2.79. The summed E-state index contributed by atoms with van der Waals surface area (Å²) in [6.07, 6.45) is 25.6. The van der Waals surface area contributed by atoms with E-state index in [1.165, 1.54) is 140 Å². The van der Waals surface area contributed by atoms with E-state index >= 15 is 13.2 Å². The van der Waals surface area contributed by atoms with E-state index in [1.54, 1.807) is 52.3 Å². The minimum Gasteiger partial charge on any atom is -0.222 e. The maximum atomic E-state index is 16.4. The summed E-state index contributed by atoms with van der Waals surface area (Å²) < 4.78 is 124. The monoisotopic (exact) mass is 1640 g/mol. The topological polar surface area (TPSA) is 70.5 Å². The van der Waals surface area contributed by atoms with E-state index in [4.69, 9.17) is 51.6 Å². The number of aryl methyl sites for hydroxylation is 4. The number of carbonyl (C=O) groups excluding carboxylic acids is 1. The maximum Gasteiger partial charge on any atom is 0.0602 e. The molecule has 6 atom stereocenters. The van der Waals surface area contributed by atoms with Crippen LogP contribution in [0.3, 0.4) is 0 Å². The van der Waals surface area contributed by atoms with E-state index < -0.39 is 54.5 Å². The Kier molecular flexibility index (Phi) is 35.6. The van der Waals surface area contributed by atoms with Gasteiger partial charge in [-0.3, -0.25) is 4.79 Å². The smallest absolute Gasteiger partial charge is 0.0602 e. The van der Waals surface area contributed by atoms with Crippen LogP contribution < -0.4 is 14.2 Å². The number of aromatic nitrogens is 2. The number of carbonyl (C=O) groups is 1. The van der Waals surface area contributed by atoms with Crippen molar-refractivity contribution in [2.45, 2.75) is 264 Å². The number of Topliss-reactive ketones (excluding diaryl/α,β-unsaturated/α-hetero) is 1. The molecule has 6 nitrogen and oxygen atoms in total. The largest absolute Gasteiger partial charge is 0.222 e. The molecular weight excluding hydrogens is 1520 g/mol. The van der Waals surface area contributed by atoms with Crippen LogP contribution >= 0.6 is 105 Å². The summed E-state index contributed by atoms with van der Waals surface area (Å²) >= 11 is 10.7. The first-order chi connectivity index (χ1) is 52.9. The van der Waals surface area contributed by atoms with Gasteiger partial charge < -0.3 is 14.2 Å². The number of thiophene rings is 6. The Morgan fingerprint density at radius 1 is 0.692 bits per heavy atom. The normalized spacial score (nSPS) is 16.2. The molecule has 0 spiro atoms. The van der Waals surface area contributed by atoms with Crippen molar-refractivity contribution >= 4 is 210 Å². The Morgan fingerprint density at radius 2 is 1.25 bits per heavy atom. The molecule has 1 aliphatic heterocycles. The van der Waals surface area contributed by atoms with Gasteiger partial charge in [-0.15, -0.1) is 68.0 Å². The van der Waals surface area contributed by atoms with E-state index in [0.29, 0.717) is 69.5 Å². The van der Waals surface area contributed by atoms with Crippen molar-refractivity contribution in [3.8, 4) is 47.2 Å². The fourth-order valence-electron chi connectivity index (χ4n) is 14.0. The van der Waals surface area contributed by atoms with Gasteiger partial charge in [-0.25, -0.2) is 21.5 Å². The summed E-state index contributed by atoms with van der Waals surface area (Å²) in [6.45, 7) is 34.5. The second-order valence-electron chi connectivity index (χ2n) is 30.2. The van der Waals surface area contributed by atoms with Crippen LogP contribution in [0.5, 0.6) is 17.2 Å². The number of halogens is 4. The molecule has 0 amide bonds. The number of benzene rings is 2. The molecule has 8 heterocycles. The molecule has 11 radical (unpaired) electrons. The van der Waals surface area contributed by atoms with Crippen molar-refractivity contribution in [2.75, 3.05) is 13.2 Å². The predicted molar refractivity (Wildman–Crippen MR) is 485 cm³/mol. The van der Waals surface area contributed by atoms with Crippen LogP contribution in [0, 0.1) is 80.7 Å². The van der Waals surface area contributed by atoms with Gasteiger partial charge in [0.05, 0.1) is 71.7 Å². The summed E-state index contributed by atoms with van der Waals surface area (Å²) in [5.74, 6) is 4.26. The van der Waals surface area contributed by atoms with Gasteiger partial charge >= 0.3 is 33.4 Å². The summed E-state index contributed by atoms with van der Waals surface area (Å²) in [4.78, 5) is 21.9. The van der Waals surface area contributed by atoms with Crippen molar-refractivity contribution < 1.29 is 36.4 Å². The van der Waals surface area contributed by atoms with E-state index in [0.717, 1.165) is 143 Å². The SMILES string of the molecule is CCCCCCCC(=O)c1sc2c(C)sc(-c3cc4c(OCC(CC)CCCC)c5sc(C)cc5c(OCC(CC)CCCC)c4s3)c2c1F.Cc1cc2c(s1)-c1sc(-c3c(F)c(F)c(C)c4nsnc34)cc1OC2(CCC(C)CCCC(C)C)CCC(C)CCCC(C)C.[2H]P([3H])P([2H])([3H])([B])F.[3H]P(B([B])[B])B([B])[B][B]. The van der Waals surface area contributed by atoms with Crippen LogP contribution in [0.4, 0.5) is 17.4 Å². The number of ether oxygens (including phenoxy) is 3. The molecule has 0 bridgehead atoms. The summed E-state index contributed by atoms with van der Waals surface area (Å²) in [7, 11) is 17.0. The first-order valence-electron chi connectivity index (χ1n) is 41.2. The zero-order chi connectivity index (χ0) is 82.7. The van der Waals surface area contributed by atoms with Gasteiger partial charge in [-0.1, -0.05) is 179 Å². The first kappa shape index (κ1) is 84.2. The third kappa shape index (κ3) is 25.4. The fourth-order valence-corrected chi connectivity index (χ4v) is 22.1. The second-order valence-corrected chi connectivity index (χ2v) is 40.8. The summed E-state index contributed by atoms with van der Waals surface area (Å²) in [5.41, 5.74) is 2.11. The Bertz CT molecular complexity index is 4370. The van der Waals surface area contributed by atoms with Crippen LogP contribution in [-0.2, 0) is 5.60 Å². The molecule has 0 aliphatic carbocycles. The number of unbranched alkanes of at least 4 members (excludes halogenated alkanes) is 6. The van der Waals surface area contributed by atoms with Gasteiger partial charge in [-0.05, 0) is 132 Å². The Hall–Kier alpha value is -2.16. The van der Waals surface area contributed by atoms with Crippen molar-refractivity contribution in [1.29, 1.82) is 6.39 Å². The number of hydrogen-bond donors (Lipinski definition) is 0. The third-order valence-electron chi connectivity index (χ3n) is 20.3. The van der Waals surface area contributed by atoms with Crippen LogP contribution in [-0.4, -0.2) is 92.1 Å². The zero-order valence-electron chi connectivity index (χ0n) is 71.0. The molecule has 2 aromatic carbocycles. The quantitative estimate of drug-likeness (QED) is 0.0125. The second kappa shape index (κ2) is 45.2. The van der Waals surface area contributed by atoms with E-state index in [2.05, 4.69) is 131 Å². The molecule has 0 saturated carbocycles. The summed E-state index contributed by atoms with van der Waals surface area (Å²) in [6, 6.07) is 8.75. The van der Waals surface area contributed by atoms with Gasteiger partial charge in [-0.2, -0.15) is 8.75 Å². The zero-order valence-corrected chi connectivity index (χ0v) is 74.4. The van der Waals surface area contributed by atoms with Gasteiger partial charge in [0.25, 0.3) is 0 Å². The van der Waals surface area contributed by atoms with Gasteiger partial charge in [0, 0.05) is 97.4 Å². The minimum atomic E-state index is -5.29. The minimum absolute atomic E-state index is 0.0593. The molecule has 107 heavy (non-hydrogen) atoms. The van der Waals surface area contributed by atoms with Gasteiger partial charge in [0.1, 0.15) is 38.8 Å². The number of nitrogens with zero attached hydrogens (tertiary/aromatic N) is 2. The molecule has 10 rings (SSSR count). The Labute approximate surface area is 687 Å².